The summed E-state index contributed by atoms with van der Waals surface area (Å²) in [5.74, 6) is -0.288. The van der Waals surface area contributed by atoms with Gasteiger partial charge in [-0.25, -0.2) is 8.42 Å². The molecule has 0 aromatic heterocycles. The first-order valence-corrected chi connectivity index (χ1v) is 12.4. The molecule has 3 rings (SSSR count). The van der Waals surface area contributed by atoms with Gasteiger partial charge in [0, 0.05) is 48.8 Å². The minimum absolute atomic E-state index is 0.0149. The molecule has 1 aromatic rings. The molecule has 6 nitrogen and oxygen atoms in total. The maximum absolute atomic E-state index is 13.7. The summed E-state index contributed by atoms with van der Waals surface area (Å²) in [5.41, 5.74) is 0. The predicted octanol–water partition coefficient (Wildman–Crippen LogP) is 3.98. The summed E-state index contributed by atoms with van der Waals surface area (Å²) in [6, 6.07) is 3.22. The smallest absolute Gasteiger partial charge is 0.244 e. The molecule has 166 valence electrons. The van der Waals surface area contributed by atoms with Crippen LogP contribution in [0.15, 0.2) is 35.7 Å². The lowest BCUT2D eigenvalue weighted by atomic mass is 9.90. The van der Waals surface area contributed by atoms with Gasteiger partial charge in [-0.3, -0.25) is 4.79 Å². The first-order valence-electron chi connectivity index (χ1n) is 10.2. The van der Waals surface area contributed by atoms with Crippen molar-refractivity contribution in [3.8, 4) is 0 Å². The third-order valence-electron chi connectivity index (χ3n) is 5.87. The van der Waals surface area contributed by atoms with Gasteiger partial charge in [0.25, 0.3) is 0 Å². The monoisotopic (exact) mass is 474 g/mol. The quantitative estimate of drug-likeness (QED) is 0.422. The number of carbonyl (C=O) groups excluding carboxylic acids is 1. The zero-order valence-corrected chi connectivity index (χ0v) is 19.4. The normalized spacial score (nSPS) is 25.2. The zero-order valence-electron chi connectivity index (χ0n) is 17.1. The van der Waals surface area contributed by atoms with Crippen molar-refractivity contribution in [2.45, 2.75) is 49.1 Å². The number of halogens is 2. The van der Waals surface area contributed by atoms with Gasteiger partial charge < -0.3 is 9.64 Å². The molecule has 1 amide bonds. The standard InChI is InChI=1S/C21H28Cl2N2O4S/c1-3-15-14-24(9-4-5-10-29-2)21(26)20-8-6-7-19(15)25(20)30(27,28)18-12-16(22)11-17(23)13-18/h3,11-13,15,19-20H,1,4-10,14H2,2H3. The lowest BCUT2D eigenvalue weighted by Gasteiger charge is -2.40. The summed E-state index contributed by atoms with van der Waals surface area (Å²) in [6.45, 7) is 5.62. The maximum atomic E-state index is 13.7. The summed E-state index contributed by atoms with van der Waals surface area (Å²) in [4.78, 5) is 15.2. The largest absolute Gasteiger partial charge is 0.385 e. The Hall–Kier alpha value is -1.12. The highest BCUT2D eigenvalue weighted by molar-refractivity contribution is 7.89. The molecule has 0 spiro atoms. The molecule has 0 N–H and O–H groups in total. The second-order valence-corrected chi connectivity index (χ2v) is 10.6. The highest BCUT2D eigenvalue weighted by Gasteiger charge is 2.49. The van der Waals surface area contributed by atoms with Crippen molar-refractivity contribution in [1.29, 1.82) is 0 Å². The Labute approximate surface area is 188 Å². The van der Waals surface area contributed by atoms with Crippen LogP contribution in [0, 0.1) is 5.92 Å². The predicted molar refractivity (Wildman–Crippen MR) is 118 cm³/mol. The Bertz CT molecular complexity index is 873. The van der Waals surface area contributed by atoms with Crippen LogP contribution >= 0.6 is 23.2 Å². The third kappa shape index (κ3) is 4.86. The molecule has 3 atom stereocenters. The van der Waals surface area contributed by atoms with Gasteiger partial charge in [-0.2, -0.15) is 4.31 Å². The topological polar surface area (TPSA) is 66.9 Å². The van der Waals surface area contributed by atoms with E-state index >= 15 is 0 Å². The van der Waals surface area contributed by atoms with E-state index in [1.807, 2.05) is 0 Å². The molecule has 2 aliphatic heterocycles. The number of ether oxygens (including phenoxy) is 1. The van der Waals surface area contributed by atoms with E-state index < -0.39 is 16.1 Å². The van der Waals surface area contributed by atoms with Crippen molar-refractivity contribution < 1.29 is 17.9 Å². The fourth-order valence-corrected chi connectivity index (χ4v) is 7.04. The fourth-order valence-electron chi connectivity index (χ4n) is 4.45. The lowest BCUT2D eigenvalue weighted by Crippen LogP contribution is -2.54. The Morgan fingerprint density at radius 3 is 2.53 bits per heavy atom. The van der Waals surface area contributed by atoms with E-state index in [1.54, 1.807) is 18.1 Å². The van der Waals surface area contributed by atoms with Gasteiger partial charge in [0.05, 0.1) is 4.90 Å². The Morgan fingerprint density at radius 1 is 1.20 bits per heavy atom. The zero-order chi connectivity index (χ0) is 21.9. The van der Waals surface area contributed by atoms with Crippen molar-refractivity contribution in [1.82, 2.24) is 9.21 Å². The number of rotatable bonds is 8. The molecule has 2 bridgehead atoms. The number of hydrogen-bond donors (Lipinski definition) is 0. The van der Waals surface area contributed by atoms with E-state index in [2.05, 4.69) is 6.58 Å². The van der Waals surface area contributed by atoms with Crippen molar-refractivity contribution in [2.24, 2.45) is 5.92 Å². The number of carbonyl (C=O) groups is 1. The van der Waals surface area contributed by atoms with E-state index in [1.165, 1.54) is 22.5 Å². The average molecular weight is 475 g/mol. The maximum Gasteiger partial charge on any atom is 0.244 e. The lowest BCUT2D eigenvalue weighted by molar-refractivity contribution is -0.135. The number of nitrogens with zero attached hydrogens (tertiary/aromatic N) is 2. The second-order valence-electron chi connectivity index (χ2n) is 7.84. The molecule has 2 aliphatic rings. The van der Waals surface area contributed by atoms with Crippen LogP contribution < -0.4 is 0 Å². The van der Waals surface area contributed by atoms with Gasteiger partial charge in [0.2, 0.25) is 15.9 Å². The first-order chi connectivity index (χ1) is 14.3. The molecule has 0 aliphatic carbocycles. The van der Waals surface area contributed by atoms with Crippen LogP contribution in [-0.2, 0) is 19.6 Å². The number of sulfonamides is 1. The van der Waals surface area contributed by atoms with Crippen LogP contribution in [0.25, 0.3) is 0 Å². The summed E-state index contributed by atoms with van der Waals surface area (Å²) >= 11 is 12.1. The van der Waals surface area contributed by atoms with Gasteiger partial charge in [-0.1, -0.05) is 29.3 Å². The highest BCUT2D eigenvalue weighted by Crippen LogP contribution is 2.38. The van der Waals surface area contributed by atoms with Crippen LogP contribution in [-0.4, -0.2) is 62.4 Å². The highest BCUT2D eigenvalue weighted by atomic mass is 35.5. The fraction of sp³-hybridized carbons (Fsp3) is 0.571. The van der Waals surface area contributed by atoms with Gasteiger partial charge in [-0.15, -0.1) is 6.58 Å². The van der Waals surface area contributed by atoms with Crippen LogP contribution in [0.3, 0.4) is 0 Å². The number of hydrogen-bond acceptors (Lipinski definition) is 4. The first kappa shape index (κ1) is 23.5. The number of benzene rings is 1. The second kappa shape index (κ2) is 10.0. The summed E-state index contributed by atoms with van der Waals surface area (Å²) in [5, 5.41) is 0.486. The average Bonchev–Trinajstić information content (AvgIpc) is 2.77. The molecule has 0 radical (unpaired) electrons. The van der Waals surface area contributed by atoms with Crippen LogP contribution in [0.5, 0.6) is 0 Å². The number of unbranched alkanes of at least 4 members (excludes halogenated alkanes) is 1. The SMILES string of the molecule is C=CC1CN(CCCCOC)C(=O)C2CCCC1N2S(=O)(=O)c1cc(Cl)cc(Cl)c1. The molecule has 9 heteroatoms. The van der Waals surface area contributed by atoms with Gasteiger partial charge in [0.15, 0.2) is 0 Å². The molecule has 2 fully saturated rings. The molecule has 3 unspecified atom stereocenters. The number of fused-ring (bicyclic) bond motifs is 2. The van der Waals surface area contributed by atoms with E-state index in [9.17, 15) is 13.2 Å². The molecule has 30 heavy (non-hydrogen) atoms. The Morgan fingerprint density at radius 2 is 1.90 bits per heavy atom. The molecule has 0 saturated carbocycles. The van der Waals surface area contributed by atoms with E-state index in [4.69, 9.17) is 27.9 Å². The molecule has 2 saturated heterocycles. The summed E-state index contributed by atoms with van der Waals surface area (Å²) in [6.07, 6.45) is 5.41. The van der Waals surface area contributed by atoms with Gasteiger partial charge in [-0.05, 0) is 50.3 Å². The molecular weight excluding hydrogens is 447 g/mol. The van der Waals surface area contributed by atoms with E-state index in [0.717, 1.165) is 19.3 Å². The van der Waals surface area contributed by atoms with Crippen molar-refractivity contribution >= 4 is 39.1 Å². The third-order valence-corrected chi connectivity index (χ3v) is 8.22. The summed E-state index contributed by atoms with van der Waals surface area (Å²) in [7, 11) is -2.32. The van der Waals surface area contributed by atoms with Crippen LogP contribution in [0.1, 0.15) is 32.1 Å². The number of amides is 1. The van der Waals surface area contributed by atoms with Crippen molar-refractivity contribution in [3.63, 3.8) is 0 Å². The molecule has 1 aromatic carbocycles. The Balaban J connectivity index is 1.97. The summed E-state index contributed by atoms with van der Waals surface area (Å²) < 4.78 is 33.8. The van der Waals surface area contributed by atoms with E-state index in [0.29, 0.717) is 32.5 Å². The minimum Gasteiger partial charge on any atom is -0.385 e. The Kier molecular flexibility index (Phi) is 7.85. The number of methoxy groups -OCH3 is 1. The van der Waals surface area contributed by atoms with Crippen molar-refractivity contribution in [3.05, 3.63) is 40.9 Å². The van der Waals surface area contributed by atoms with Gasteiger partial charge in [0.1, 0.15) is 6.04 Å². The minimum atomic E-state index is -3.97. The van der Waals surface area contributed by atoms with Gasteiger partial charge >= 0.3 is 0 Å². The van der Waals surface area contributed by atoms with Crippen LogP contribution in [0.2, 0.25) is 10.0 Å². The number of piperidine rings is 1. The van der Waals surface area contributed by atoms with Crippen molar-refractivity contribution in [2.75, 3.05) is 26.8 Å². The molecule has 2 heterocycles. The molecular formula is C21H28Cl2N2O4S. The van der Waals surface area contributed by atoms with Crippen LogP contribution in [0.4, 0.5) is 0 Å². The van der Waals surface area contributed by atoms with E-state index in [-0.39, 0.29) is 32.8 Å².